The predicted octanol–water partition coefficient (Wildman–Crippen LogP) is 3.23. The van der Waals surface area contributed by atoms with Gasteiger partial charge in [0.05, 0.1) is 11.0 Å². The van der Waals surface area contributed by atoms with Gasteiger partial charge in [-0.1, -0.05) is 31.2 Å². The molecule has 96 valence electrons. The van der Waals surface area contributed by atoms with Crippen molar-refractivity contribution in [3.63, 3.8) is 0 Å². The van der Waals surface area contributed by atoms with E-state index in [4.69, 9.17) is 5.73 Å². The zero-order valence-corrected chi connectivity index (χ0v) is 11.0. The first-order valence-corrected chi connectivity index (χ1v) is 6.56. The molecule has 0 aliphatic rings. The van der Waals surface area contributed by atoms with E-state index in [1.807, 2.05) is 18.2 Å². The second-order valence-corrected chi connectivity index (χ2v) is 4.70. The highest BCUT2D eigenvalue weighted by atomic mass is 15.1. The first-order valence-electron chi connectivity index (χ1n) is 6.56. The maximum Gasteiger partial charge on any atom is 0.109 e. The van der Waals surface area contributed by atoms with Crippen molar-refractivity contribution in [2.45, 2.75) is 19.9 Å². The summed E-state index contributed by atoms with van der Waals surface area (Å²) in [5, 5.41) is 0. The zero-order valence-electron chi connectivity index (χ0n) is 11.0. The average Bonchev–Trinajstić information content (AvgIpc) is 2.79. The molecule has 19 heavy (non-hydrogen) atoms. The second-order valence-electron chi connectivity index (χ2n) is 4.70. The van der Waals surface area contributed by atoms with Crippen LogP contribution >= 0.6 is 0 Å². The maximum absolute atomic E-state index is 5.73. The Morgan fingerprint density at radius 3 is 2.53 bits per heavy atom. The Hall–Kier alpha value is -2.29. The van der Waals surface area contributed by atoms with Crippen molar-refractivity contribution >= 4 is 16.7 Å². The number of rotatable bonds is 3. The summed E-state index contributed by atoms with van der Waals surface area (Å²) in [5.74, 6) is 1.12. The van der Waals surface area contributed by atoms with Crippen LogP contribution in [0.25, 0.3) is 11.0 Å². The number of para-hydroxylation sites is 2. The number of nitrogen functional groups attached to an aromatic ring is 1. The average molecular weight is 251 g/mol. The van der Waals surface area contributed by atoms with Crippen molar-refractivity contribution in [3.05, 3.63) is 59.9 Å². The lowest BCUT2D eigenvalue weighted by atomic mass is 10.2. The van der Waals surface area contributed by atoms with Gasteiger partial charge in [-0.3, -0.25) is 0 Å². The number of imidazole rings is 1. The van der Waals surface area contributed by atoms with Crippen molar-refractivity contribution in [1.29, 1.82) is 0 Å². The highest BCUT2D eigenvalue weighted by Crippen LogP contribution is 2.18. The summed E-state index contributed by atoms with van der Waals surface area (Å²) in [6.45, 7) is 2.98. The van der Waals surface area contributed by atoms with Crippen LogP contribution < -0.4 is 5.73 Å². The zero-order chi connectivity index (χ0) is 13.2. The summed E-state index contributed by atoms with van der Waals surface area (Å²) in [6, 6.07) is 16.3. The molecule has 0 aliphatic heterocycles. The highest BCUT2D eigenvalue weighted by Gasteiger charge is 2.08. The fourth-order valence-electron chi connectivity index (χ4n) is 2.38. The maximum atomic E-state index is 5.73. The van der Waals surface area contributed by atoms with E-state index < -0.39 is 0 Å². The molecule has 0 radical (unpaired) electrons. The minimum Gasteiger partial charge on any atom is -0.399 e. The Balaban J connectivity index is 2.06. The smallest absolute Gasteiger partial charge is 0.109 e. The molecule has 2 N–H and O–H groups in total. The van der Waals surface area contributed by atoms with Crippen LogP contribution in [0, 0.1) is 0 Å². The number of hydrogen-bond donors (Lipinski definition) is 1. The van der Waals surface area contributed by atoms with Crippen LogP contribution in [-0.2, 0) is 13.0 Å². The van der Waals surface area contributed by atoms with Gasteiger partial charge < -0.3 is 10.3 Å². The van der Waals surface area contributed by atoms with Gasteiger partial charge in [0.25, 0.3) is 0 Å². The van der Waals surface area contributed by atoms with Crippen molar-refractivity contribution < 1.29 is 0 Å². The van der Waals surface area contributed by atoms with Crippen LogP contribution in [0.5, 0.6) is 0 Å². The lowest BCUT2D eigenvalue weighted by Gasteiger charge is -2.08. The van der Waals surface area contributed by atoms with Crippen LogP contribution in [0.15, 0.2) is 48.5 Å². The third-order valence-corrected chi connectivity index (χ3v) is 3.37. The first-order chi connectivity index (χ1) is 9.28. The van der Waals surface area contributed by atoms with Gasteiger partial charge in [-0.2, -0.15) is 0 Å². The monoisotopic (exact) mass is 251 g/mol. The largest absolute Gasteiger partial charge is 0.399 e. The van der Waals surface area contributed by atoms with Crippen molar-refractivity contribution in [3.8, 4) is 0 Å². The van der Waals surface area contributed by atoms with Gasteiger partial charge in [0.15, 0.2) is 0 Å². The van der Waals surface area contributed by atoms with Crippen LogP contribution in [0.1, 0.15) is 18.3 Å². The van der Waals surface area contributed by atoms with E-state index in [-0.39, 0.29) is 0 Å². The van der Waals surface area contributed by atoms with Gasteiger partial charge in [-0.05, 0) is 29.8 Å². The summed E-state index contributed by atoms with van der Waals surface area (Å²) in [6.07, 6.45) is 0.934. The van der Waals surface area contributed by atoms with E-state index in [9.17, 15) is 0 Å². The van der Waals surface area contributed by atoms with Crippen molar-refractivity contribution in [1.82, 2.24) is 9.55 Å². The van der Waals surface area contributed by atoms with Gasteiger partial charge >= 0.3 is 0 Å². The van der Waals surface area contributed by atoms with Crippen LogP contribution in [0.3, 0.4) is 0 Å². The highest BCUT2D eigenvalue weighted by molar-refractivity contribution is 5.76. The van der Waals surface area contributed by atoms with E-state index in [1.54, 1.807) is 0 Å². The Morgan fingerprint density at radius 2 is 1.79 bits per heavy atom. The summed E-state index contributed by atoms with van der Waals surface area (Å²) >= 11 is 0. The van der Waals surface area contributed by atoms with E-state index in [0.717, 1.165) is 30.0 Å². The fraction of sp³-hybridized carbons (Fsp3) is 0.188. The Labute approximate surface area is 112 Å². The van der Waals surface area contributed by atoms with Gasteiger partial charge in [0.2, 0.25) is 0 Å². The summed E-state index contributed by atoms with van der Waals surface area (Å²) in [7, 11) is 0. The molecule has 3 heteroatoms. The molecule has 3 rings (SSSR count). The lowest BCUT2D eigenvalue weighted by Crippen LogP contribution is -2.04. The quantitative estimate of drug-likeness (QED) is 0.726. The number of aryl methyl sites for hydroxylation is 1. The van der Waals surface area contributed by atoms with Crippen LogP contribution in [-0.4, -0.2) is 9.55 Å². The lowest BCUT2D eigenvalue weighted by molar-refractivity contribution is 0.753. The third-order valence-electron chi connectivity index (χ3n) is 3.37. The number of benzene rings is 2. The van der Waals surface area contributed by atoms with Gasteiger partial charge in [-0.15, -0.1) is 0 Å². The number of nitrogens with two attached hydrogens (primary N) is 1. The number of fused-ring (bicyclic) bond motifs is 1. The van der Waals surface area contributed by atoms with E-state index in [0.29, 0.717) is 0 Å². The van der Waals surface area contributed by atoms with Crippen LogP contribution in [0.2, 0.25) is 0 Å². The SMILES string of the molecule is CCc1nc2ccccc2n1Cc1ccc(N)cc1. The molecule has 0 aliphatic carbocycles. The molecule has 3 aromatic rings. The Bertz CT molecular complexity index is 696. The van der Waals surface area contributed by atoms with Crippen LogP contribution in [0.4, 0.5) is 5.69 Å². The first kappa shape index (κ1) is 11.8. The number of hydrogen-bond acceptors (Lipinski definition) is 2. The third kappa shape index (κ3) is 2.19. The molecule has 0 saturated carbocycles. The Kier molecular flexibility index (Phi) is 2.95. The molecule has 0 unspecified atom stereocenters. The molecule has 0 bridgehead atoms. The van der Waals surface area contributed by atoms with Crippen molar-refractivity contribution in [2.75, 3.05) is 5.73 Å². The van der Waals surface area contributed by atoms with Crippen molar-refractivity contribution in [2.24, 2.45) is 0 Å². The molecule has 1 heterocycles. The van der Waals surface area contributed by atoms with E-state index in [1.165, 1.54) is 11.1 Å². The topological polar surface area (TPSA) is 43.8 Å². The van der Waals surface area contributed by atoms with Gasteiger partial charge in [-0.25, -0.2) is 4.98 Å². The fourth-order valence-corrected chi connectivity index (χ4v) is 2.38. The molecule has 0 fully saturated rings. The molecular formula is C16H17N3. The molecule has 1 aromatic heterocycles. The normalized spacial score (nSPS) is 11.0. The standard InChI is InChI=1S/C16H17N3/c1-2-16-18-14-5-3-4-6-15(14)19(16)11-12-7-9-13(17)10-8-12/h3-10H,2,11,17H2,1H3. The molecule has 0 amide bonds. The number of aromatic nitrogens is 2. The minimum atomic E-state index is 0.801. The predicted molar refractivity (Wildman–Crippen MR) is 79.1 cm³/mol. The summed E-state index contributed by atoms with van der Waals surface area (Å²) in [5.41, 5.74) is 10.0. The summed E-state index contributed by atoms with van der Waals surface area (Å²) < 4.78 is 2.28. The van der Waals surface area contributed by atoms with Gasteiger partial charge in [0.1, 0.15) is 5.82 Å². The molecular weight excluding hydrogens is 234 g/mol. The van der Waals surface area contributed by atoms with E-state index >= 15 is 0 Å². The molecule has 3 nitrogen and oxygen atoms in total. The minimum absolute atomic E-state index is 0.801. The van der Waals surface area contributed by atoms with E-state index in [2.05, 4.69) is 46.8 Å². The number of nitrogens with zero attached hydrogens (tertiary/aromatic N) is 2. The molecule has 2 aromatic carbocycles. The number of anilines is 1. The molecule has 0 atom stereocenters. The Morgan fingerprint density at radius 1 is 1.05 bits per heavy atom. The second kappa shape index (κ2) is 4.76. The summed E-state index contributed by atoms with van der Waals surface area (Å²) in [4.78, 5) is 4.68. The molecule has 0 spiro atoms. The van der Waals surface area contributed by atoms with Gasteiger partial charge in [0, 0.05) is 18.7 Å². The molecule has 0 saturated heterocycles.